The van der Waals surface area contributed by atoms with E-state index in [4.69, 9.17) is 9.47 Å². The number of hydrogen-bond donors (Lipinski definition) is 1. The largest absolute Gasteiger partial charge is 0.494 e. The summed E-state index contributed by atoms with van der Waals surface area (Å²) in [5.41, 5.74) is 0.893. The van der Waals surface area contributed by atoms with Gasteiger partial charge in [-0.05, 0) is 24.6 Å². The van der Waals surface area contributed by atoms with E-state index >= 15 is 0 Å². The highest BCUT2D eigenvalue weighted by atomic mass is 19.1. The molecule has 19 heavy (non-hydrogen) atoms. The molecule has 1 saturated heterocycles. The van der Waals surface area contributed by atoms with Gasteiger partial charge >= 0.3 is 0 Å². The summed E-state index contributed by atoms with van der Waals surface area (Å²) in [4.78, 5) is 2.16. The molecule has 0 aromatic heterocycles. The van der Waals surface area contributed by atoms with Gasteiger partial charge in [-0.25, -0.2) is 4.39 Å². The number of ether oxygens (including phenoxy) is 2. The number of halogens is 1. The lowest BCUT2D eigenvalue weighted by Crippen LogP contribution is -2.47. The molecule has 0 saturated carbocycles. The lowest BCUT2D eigenvalue weighted by atomic mass is 10.1. The molecule has 1 aliphatic heterocycles. The molecular weight excluding hydrogens is 249 g/mol. The Balaban J connectivity index is 2.02. The highest BCUT2D eigenvalue weighted by Crippen LogP contribution is 2.20. The van der Waals surface area contributed by atoms with Gasteiger partial charge in [0.15, 0.2) is 11.6 Å². The van der Waals surface area contributed by atoms with Crippen molar-refractivity contribution in [2.24, 2.45) is 0 Å². The molecular formula is C14H20FNO3. The van der Waals surface area contributed by atoms with Crippen molar-refractivity contribution in [1.29, 1.82) is 0 Å². The van der Waals surface area contributed by atoms with E-state index < -0.39 is 0 Å². The summed E-state index contributed by atoms with van der Waals surface area (Å²) >= 11 is 0. The van der Waals surface area contributed by atoms with Crippen LogP contribution < -0.4 is 4.74 Å². The van der Waals surface area contributed by atoms with E-state index in [2.05, 4.69) is 4.90 Å². The SMILES string of the molecule is COc1ccc(CN2CC(C)OC(CO)C2)cc1F. The van der Waals surface area contributed by atoms with Crippen molar-refractivity contribution in [3.05, 3.63) is 29.6 Å². The van der Waals surface area contributed by atoms with Crippen LogP contribution in [0.2, 0.25) is 0 Å². The molecule has 2 rings (SSSR count). The predicted molar refractivity (Wildman–Crippen MR) is 69.6 cm³/mol. The molecule has 0 aliphatic carbocycles. The topological polar surface area (TPSA) is 41.9 Å². The molecule has 1 fully saturated rings. The molecule has 2 unspecified atom stereocenters. The lowest BCUT2D eigenvalue weighted by molar-refractivity contribution is -0.0972. The average molecular weight is 269 g/mol. The van der Waals surface area contributed by atoms with Crippen LogP contribution >= 0.6 is 0 Å². The minimum absolute atomic E-state index is 0.0117. The Kier molecular flexibility index (Phi) is 4.74. The van der Waals surface area contributed by atoms with Crippen molar-refractivity contribution < 1.29 is 19.0 Å². The van der Waals surface area contributed by atoms with Crippen molar-refractivity contribution in [3.63, 3.8) is 0 Å². The Hall–Kier alpha value is -1.17. The van der Waals surface area contributed by atoms with Gasteiger partial charge in [-0.3, -0.25) is 4.90 Å². The second-order valence-electron chi connectivity index (χ2n) is 4.91. The highest BCUT2D eigenvalue weighted by molar-refractivity contribution is 5.29. The summed E-state index contributed by atoms with van der Waals surface area (Å²) in [5.74, 6) is -0.0904. The third kappa shape index (κ3) is 3.65. The quantitative estimate of drug-likeness (QED) is 0.897. The van der Waals surface area contributed by atoms with Gasteiger partial charge in [0.2, 0.25) is 0 Å². The number of nitrogens with zero attached hydrogens (tertiary/aromatic N) is 1. The van der Waals surface area contributed by atoms with Crippen LogP contribution in [0.1, 0.15) is 12.5 Å². The highest BCUT2D eigenvalue weighted by Gasteiger charge is 2.24. The third-order valence-corrected chi connectivity index (χ3v) is 3.23. The lowest BCUT2D eigenvalue weighted by Gasteiger charge is -2.36. The van der Waals surface area contributed by atoms with E-state index in [0.29, 0.717) is 13.1 Å². The molecule has 1 heterocycles. The summed E-state index contributed by atoms with van der Waals surface area (Å²) in [5, 5.41) is 9.18. The summed E-state index contributed by atoms with van der Waals surface area (Å²) in [6.45, 7) is 4.07. The molecule has 1 aromatic carbocycles. The maximum Gasteiger partial charge on any atom is 0.165 e. The van der Waals surface area contributed by atoms with Crippen LogP contribution in [0.5, 0.6) is 5.75 Å². The molecule has 0 amide bonds. The second kappa shape index (κ2) is 6.32. The normalized spacial score (nSPS) is 24.4. The zero-order valence-corrected chi connectivity index (χ0v) is 11.3. The van der Waals surface area contributed by atoms with Crippen LogP contribution in [0.15, 0.2) is 18.2 Å². The Morgan fingerprint density at radius 3 is 2.89 bits per heavy atom. The zero-order chi connectivity index (χ0) is 13.8. The molecule has 0 radical (unpaired) electrons. The molecule has 106 valence electrons. The Labute approximate surface area is 112 Å². The van der Waals surface area contributed by atoms with Gasteiger partial charge in [0.1, 0.15) is 0 Å². The molecule has 1 aromatic rings. The fourth-order valence-electron chi connectivity index (χ4n) is 2.44. The summed E-state index contributed by atoms with van der Waals surface area (Å²) in [6, 6.07) is 4.99. The van der Waals surface area contributed by atoms with Crippen LogP contribution in [0.25, 0.3) is 0 Å². The first-order chi connectivity index (χ1) is 9.12. The van der Waals surface area contributed by atoms with Crippen molar-refractivity contribution in [1.82, 2.24) is 4.90 Å². The summed E-state index contributed by atoms with van der Waals surface area (Å²) in [6.07, 6.45) is -0.0826. The molecule has 0 bridgehead atoms. The minimum atomic E-state index is -0.347. The number of rotatable bonds is 4. The van der Waals surface area contributed by atoms with E-state index in [-0.39, 0.29) is 30.4 Å². The molecule has 1 aliphatic rings. The van der Waals surface area contributed by atoms with Crippen molar-refractivity contribution >= 4 is 0 Å². The predicted octanol–water partition coefficient (Wildman–Crippen LogP) is 1.42. The fourth-order valence-corrected chi connectivity index (χ4v) is 2.44. The van der Waals surface area contributed by atoms with E-state index in [1.165, 1.54) is 13.2 Å². The molecule has 1 N–H and O–H groups in total. The van der Waals surface area contributed by atoms with Gasteiger partial charge in [0, 0.05) is 19.6 Å². The molecule has 2 atom stereocenters. The maximum atomic E-state index is 13.6. The van der Waals surface area contributed by atoms with Gasteiger partial charge in [0.25, 0.3) is 0 Å². The summed E-state index contributed by atoms with van der Waals surface area (Å²) in [7, 11) is 1.45. The first-order valence-electron chi connectivity index (χ1n) is 6.43. The van der Waals surface area contributed by atoms with E-state index in [9.17, 15) is 9.50 Å². The molecule has 4 nitrogen and oxygen atoms in total. The van der Waals surface area contributed by atoms with Gasteiger partial charge in [-0.2, -0.15) is 0 Å². The standard InChI is InChI=1S/C14H20FNO3/c1-10-6-16(8-12(9-17)19-10)7-11-3-4-14(18-2)13(15)5-11/h3-5,10,12,17H,6-9H2,1-2H3. The number of aliphatic hydroxyl groups is 1. The number of methoxy groups -OCH3 is 1. The van der Waals surface area contributed by atoms with E-state index in [0.717, 1.165) is 12.1 Å². The minimum Gasteiger partial charge on any atom is -0.494 e. The van der Waals surface area contributed by atoms with Crippen molar-refractivity contribution in [2.45, 2.75) is 25.7 Å². The fraction of sp³-hybridized carbons (Fsp3) is 0.571. The van der Waals surface area contributed by atoms with Crippen LogP contribution in [0, 0.1) is 5.82 Å². The number of morpholine rings is 1. The Bertz CT molecular complexity index is 427. The van der Waals surface area contributed by atoms with E-state index in [1.54, 1.807) is 6.07 Å². The van der Waals surface area contributed by atoms with Crippen LogP contribution in [-0.2, 0) is 11.3 Å². The smallest absolute Gasteiger partial charge is 0.165 e. The average Bonchev–Trinajstić information content (AvgIpc) is 2.38. The molecule has 5 heteroatoms. The van der Waals surface area contributed by atoms with Gasteiger partial charge < -0.3 is 14.6 Å². The Morgan fingerprint density at radius 2 is 2.26 bits per heavy atom. The first-order valence-corrected chi connectivity index (χ1v) is 6.43. The Morgan fingerprint density at radius 1 is 1.47 bits per heavy atom. The summed E-state index contributed by atoms with van der Waals surface area (Å²) < 4.78 is 24.1. The second-order valence-corrected chi connectivity index (χ2v) is 4.91. The van der Waals surface area contributed by atoms with Gasteiger partial charge in [-0.15, -0.1) is 0 Å². The number of benzene rings is 1. The van der Waals surface area contributed by atoms with Crippen molar-refractivity contribution in [3.8, 4) is 5.75 Å². The van der Waals surface area contributed by atoms with Gasteiger partial charge in [-0.1, -0.05) is 6.07 Å². The number of hydrogen-bond acceptors (Lipinski definition) is 4. The van der Waals surface area contributed by atoms with Crippen LogP contribution in [0.3, 0.4) is 0 Å². The maximum absolute atomic E-state index is 13.6. The first kappa shape index (κ1) is 14.2. The number of aliphatic hydroxyl groups excluding tert-OH is 1. The monoisotopic (exact) mass is 269 g/mol. The molecule has 0 spiro atoms. The van der Waals surface area contributed by atoms with Crippen LogP contribution in [0.4, 0.5) is 4.39 Å². The third-order valence-electron chi connectivity index (χ3n) is 3.23. The van der Waals surface area contributed by atoms with Crippen LogP contribution in [-0.4, -0.2) is 49.0 Å². The van der Waals surface area contributed by atoms with E-state index in [1.807, 2.05) is 13.0 Å². The zero-order valence-electron chi connectivity index (χ0n) is 11.3. The van der Waals surface area contributed by atoms with Gasteiger partial charge in [0.05, 0.1) is 25.9 Å². The van der Waals surface area contributed by atoms with Crippen molar-refractivity contribution in [2.75, 3.05) is 26.8 Å².